The molecule has 2 aromatic rings. The summed E-state index contributed by atoms with van der Waals surface area (Å²) in [6.45, 7) is 0. The summed E-state index contributed by atoms with van der Waals surface area (Å²) in [5, 5.41) is 12.8. The Morgan fingerprint density at radius 2 is 1.77 bits per heavy atom. The van der Waals surface area contributed by atoms with Crippen LogP contribution in [-0.2, 0) is 9.59 Å². The fourth-order valence-electron chi connectivity index (χ4n) is 2.38. The monoisotopic (exact) mass is 355 g/mol. The van der Waals surface area contributed by atoms with Crippen LogP contribution < -0.4 is 10.2 Å². The van der Waals surface area contributed by atoms with E-state index in [0.717, 1.165) is 18.2 Å². The van der Waals surface area contributed by atoms with Crippen molar-refractivity contribution in [2.24, 2.45) is 0 Å². The Balaban J connectivity index is 2.01. The predicted molar refractivity (Wildman–Crippen MR) is 88.5 cm³/mol. The highest BCUT2D eigenvalue weighted by atomic mass is 19.1. The van der Waals surface area contributed by atoms with Crippen molar-refractivity contribution in [2.75, 3.05) is 4.90 Å². The fourth-order valence-corrected chi connectivity index (χ4v) is 2.38. The molecule has 0 saturated carbocycles. The lowest BCUT2D eigenvalue weighted by Crippen LogP contribution is -2.54. The molecule has 0 aromatic heterocycles. The molecule has 1 N–H and O–H groups in total. The minimum absolute atomic E-state index is 0.0753. The molecule has 3 rings (SSSR count). The van der Waals surface area contributed by atoms with Crippen LogP contribution in [0.2, 0.25) is 0 Å². The zero-order chi connectivity index (χ0) is 18.8. The number of anilines is 1. The van der Waals surface area contributed by atoms with Crippen molar-refractivity contribution in [1.82, 2.24) is 5.32 Å². The van der Waals surface area contributed by atoms with Gasteiger partial charge in [0.2, 0.25) is 0 Å². The van der Waals surface area contributed by atoms with Crippen LogP contribution >= 0.6 is 0 Å². The van der Waals surface area contributed by atoms with E-state index in [1.807, 2.05) is 5.32 Å². The highest BCUT2D eigenvalue weighted by Gasteiger charge is 2.36. The molecule has 1 saturated heterocycles. The van der Waals surface area contributed by atoms with Crippen molar-refractivity contribution < 1.29 is 23.7 Å². The molecule has 26 heavy (non-hydrogen) atoms. The van der Waals surface area contributed by atoms with Gasteiger partial charge in [-0.25, -0.2) is 14.1 Å². The van der Waals surface area contributed by atoms with Crippen LogP contribution in [0.4, 0.5) is 20.6 Å². The quantitative estimate of drug-likeness (QED) is 0.393. The number of hydrogen-bond acceptors (Lipinski definition) is 5. The number of nitrogens with one attached hydrogen (secondary N) is 1. The van der Waals surface area contributed by atoms with Crippen LogP contribution in [0, 0.1) is 15.9 Å². The first-order chi connectivity index (χ1) is 12.4. The van der Waals surface area contributed by atoms with Crippen molar-refractivity contribution in [3.05, 3.63) is 75.6 Å². The minimum Gasteiger partial charge on any atom is -0.273 e. The maximum Gasteiger partial charge on any atom is 0.335 e. The molecule has 0 atom stereocenters. The topological polar surface area (TPSA) is 110 Å². The summed E-state index contributed by atoms with van der Waals surface area (Å²) in [6.07, 6.45) is 1.15. The Hall–Kier alpha value is -3.88. The maximum atomic E-state index is 13.1. The number of imide groups is 2. The van der Waals surface area contributed by atoms with Crippen molar-refractivity contribution >= 4 is 35.3 Å². The van der Waals surface area contributed by atoms with Crippen molar-refractivity contribution in [2.45, 2.75) is 0 Å². The number of benzene rings is 2. The largest absolute Gasteiger partial charge is 0.335 e. The van der Waals surface area contributed by atoms with Crippen LogP contribution in [0.15, 0.2) is 54.1 Å². The number of carbonyl (C=O) groups excluding carboxylic acids is 3. The molecule has 9 heteroatoms. The summed E-state index contributed by atoms with van der Waals surface area (Å²) in [6, 6.07) is 8.92. The number of nitro groups is 1. The molecule has 130 valence electrons. The predicted octanol–water partition coefficient (Wildman–Crippen LogP) is 2.40. The van der Waals surface area contributed by atoms with E-state index in [1.54, 1.807) is 0 Å². The number of hydrogen-bond donors (Lipinski definition) is 1. The number of urea groups is 1. The fraction of sp³-hybridized carbons (Fsp3) is 0. The first-order valence-corrected chi connectivity index (χ1v) is 7.28. The normalized spacial score (nSPS) is 16.0. The molecule has 1 aliphatic heterocycles. The maximum absolute atomic E-state index is 13.1. The highest BCUT2D eigenvalue weighted by Crippen LogP contribution is 2.23. The van der Waals surface area contributed by atoms with Crippen LogP contribution in [0.25, 0.3) is 6.08 Å². The first-order valence-electron chi connectivity index (χ1n) is 7.28. The average Bonchev–Trinajstić information content (AvgIpc) is 2.60. The second kappa shape index (κ2) is 6.55. The Kier molecular flexibility index (Phi) is 4.27. The Bertz CT molecular complexity index is 969. The summed E-state index contributed by atoms with van der Waals surface area (Å²) in [4.78, 5) is 47.5. The summed E-state index contributed by atoms with van der Waals surface area (Å²) in [7, 11) is 0. The van der Waals surface area contributed by atoms with Gasteiger partial charge >= 0.3 is 6.03 Å². The third kappa shape index (κ3) is 3.18. The van der Waals surface area contributed by atoms with E-state index in [1.165, 1.54) is 36.4 Å². The third-order valence-corrected chi connectivity index (χ3v) is 3.58. The summed E-state index contributed by atoms with van der Waals surface area (Å²) in [5.41, 5.74) is -0.277. The minimum atomic E-state index is -0.970. The number of carbonyl (C=O) groups is 3. The van der Waals surface area contributed by atoms with Gasteiger partial charge in [-0.05, 0) is 35.9 Å². The molecule has 0 unspecified atom stereocenters. The van der Waals surface area contributed by atoms with Gasteiger partial charge in [-0.15, -0.1) is 0 Å². The second-order valence-electron chi connectivity index (χ2n) is 5.29. The summed E-state index contributed by atoms with van der Waals surface area (Å²) >= 11 is 0. The van der Waals surface area contributed by atoms with Crippen molar-refractivity contribution in [3.8, 4) is 0 Å². The number of rotatable bonds is 3. The molecule has 0 radical (unpaired) electrons. The van der Waals surface area contributed by atoms with E-state index in [4.69, 9.17) is 0 Å². The lowest BCUT2D eigenvalue weighted by molar-refractivity contribution is -0.384. The van der Waals surface area contributed by atoms with E-state index in [-0.39, 0.29) is 22.5 Å². The first kappa shape index (κ1) is 17.0. The molecule has 0 aliphatic carbocycles. The average molecular weight is 355 g/mol. The Morgan fingerprint density at radius 1 is 1.08 bits per heavy atom. The van der Waals surface area contributed by atoms with Gasteiger partial charge in [0.1, 0.15) is 11.4 Å². The van der Waals surface area contributed by atoms with Gasteiger partial charge in [0.15, 0.2) is 0 Å². The molecule has 4 amide bonds. The number of non-ortho nitro benzene ring substituents is 1. The summed E-state index contributed by atoms with van der Waals surface area (Å²) < 4.78 is 13.1. The van der Waals surface area contributed by atoms with Crippen LogP contribution in [0.3, 0.4) is 0 Å². The zero-order valence-electron chi connectivity index (χ0n) is 13.0. The SMILES string of the molecule is O=C1NC(=O)N(c2ccc(F)cc2)C(=O)/C1=C/c1cccc([N+](=O)[O-])c1. The lowest BCUT2D eigenvalue weighted by atomic mass is 10.1. The van der Waals surface area contributed by atoms with Gasteiger partial charge in [0.05, 0.1) is 10.6 Å². The van der Waals surface area contributed by atoms with E-state index in [2.05, 4.69) is 0 Å². The number of amides is 4. The molecule has 0 bridgehead atoms. The summed E-state index contributed by atoms with van der Waals surface area (Å²) in [5.74, 6) is -2.40. The van der Waals surface area contributed by atoms with Gasteiger partial charge < -0.3 is 0 Å². The Morgan fingerprint density at radius 3 is 2.42 bits per heavy atom. The number of nitro benzene ring substituents is 1. The van der Waals surface area contributed by atoms with Gasteiger partial charge in [-0.2, -0.15) is 0 Å². The molecule has 8 nitrogen and oxygen atoms in total. The molecular formula is C17H10FN3O5. The zero-order valence-corrected chi connectivity index (χ0v) is 13.0. The van der Waals surface area contributed by atoms with Gasteiger partial charge in [-0.1, -0.05) is 12.1 Å². The van der Waals surface area contributed by atoms with Crippen molar-refractivity contribution in [3.63, 3.8) is 0 Å². The molecule has 1 fully saturated rings. The van der Waals surface area contributed by atoms with Crippen LogP contribution in [-0.4, -0.2) is 22.8 Å². The van der Waals surface area contributed by atoms with Crippen molar-refractivity contribution in [1.29, 1.82) is 0 Å². The Labute approximate surface area is 145 Å². The molecule has 0 spiro atoms. The highest BCUT2D eigenvalue weighted by molar-refractivity contribution is 6.39. The third-order valence-electron chi connectivity index (χ3n) is 3.58. The second-order valence-corrected chi connectivity index (χ2v) is 5.29. The number of barbiturate groups is 1. The van der Waals surface area contributed by atoms with Gasteiger partial charge in [0, 0.05) is 12.1 Å². The number of halogens is 1. The van der Waals surface area contributed by atoms with E-state index < -0.39 is 28.6 Å². The smallest absolute Gasteiger partial charge is 0.273 e. The van der Waals surface area contributed by atoms with Crippen LogP contribution in [0.1, 0.15) is 5.56 Å². The van der Waals surface area contributed by atoms with E-state index >= 15 is 0 Å². The molecular weight excluding hydrogens is 345 g/mol. The van der Waals surface area contributed by atoms with E-state index in [9.17, 15) is 28.9 Å². The van der Waals surface area contributed by atoms with Crippen LogP contribution in [0.5, 0.6) is 0 Å². The molecule has 1 aliphatic rings. The molecule has 1 heterocycles. The standard InChI is InChI=1S/C17H10FN3O5/c18-11-4-6-12(7-5-11)20-16(23)14(15(22)19-17(20)24)9-10-2-1-3-13(8-10)21(25)26/h1-9H,(H,19,22,24)/b14-9+. The lowest BCUT2D eigenvalue weighted by Gasteiger charge is -2.26. The molecule has 2 aromatic carbocycles. The van der Waals surface area contributed by atoms with Gasteiger partial charge in [-0.3, -0.25) is 25.0 Å². The van der Waals surface area contributed by atoms with Gasteiger partial charge in [0.25, 0.3) is 17.5 Å². The number of nitrogens with zero attached hydrogens (tertiary/aromatic N) is 2. The van der Waals surface area contributed by atoms with E-state index in [0.29, 0.717) is 4.90 Å².